The van der Waals surface area contributed by atoms with E-state index in [9.17, 15) is 0 Å². The molecule has 2 unspecified atom stereocenters. The van der Waals surface area contributed by atoms with Gasteiger partial charge < -0.3 is 4.74 Å². The minimum atomic E-state index is 0.501. The highest BCUT2D eigenvalue weighted by Gasteiger charge is 2.27. The molecule has 1 heterocycles. The van der Waals surface area contributed by atoms with Gasteiger partial charge in [-0.25, -0.2) is 0 Å². The number of hydrogen-bond acceptors (Lipinski definition) is 1. The third kappa shape index (κ3) is 3.68. The molecule has 2 aromatic carbocycles. The zero-order chi connectivity index (χ0) is 12.9. The number of aryl methyl sites for hydroxylation is 1. The van der Waals surface area contributed by atoms with Gasteiger partial charge in [0, 0.05) is 0 Å². The summed E-state index contributed by atoms with van der Waals surface area (Å²) in [6.07, 6.45) is 4.01. The first-order valence-corrected chi connectivity index (χ1v) is 7.12. The van der Waals surface area contributed by atoms with E-state index in [1.807, 2.05) is 0 Å². The van der Waals surface area contributed by atoms with E-state index in [0.29, 0.717) is 12.0 Å². The minimum Gasteiger partial charge on any atom is -0.373 e. The number of epoxide rings is 1. The zero-order valence-corrected chi connectivity index (χ0v) is 11.2. The molecule has 98 valence electrons. The van der Waals surface area contributed by atoms with Crippen LogP contribution < -0.4 is 0 Å². The molecule has 3 rings (SSSR count). The smallest absolute Gasteiger partial charge is 0.0815 e. The second-order valence-corrected chi connectivity index (χ2v) is 5.32. The molecular formula is C18H20O. The SMILES string of the molecule is c1ccc(CCC(CC2CO2)c2ccccc2)cc1. The second kappa shape index (κ2) is 6.03. The Bertz CT molecular complexity index is 488. The number of benzene rings is 2. The first-order chi connectivity index (χ1) is 9.42. The van der Waals surface area contributed by atoms with Crippen molar-refractivity contribution >= 4 is 0 Å². The van der Waals surface area contributed by atoms with Gasteiger partial charge in [0.1, 0.15) is 0 Å². The fourth-order valence-electron chi connectivity index (χ4n) is 2.65. The fraction of sp³-hybridized carbons (Fsp3) is 0.333. The predicted molar refractivity (Wildman–Crippen MR) is 78.3 cm³/mol. The molecule has 19 heavy (non-hydrogen) atoms. The largest absolute Gasteiger partial charge is 0.373 e. The monoisotopic (exact) mass is 252 g/mol. The van der Waals surface area contributed by atoms with Crippen LogP contribution in [-0.2, 0) is 11.2 Å². The van der Waals surface area contributed by atoms with Gasteiger partial charge in [-0.05, 0) is 36.3 Å². The molecule has 0 amide bonds. The Hall–Kier alpha value is -1.60. The Balaban J connectivity index is 1.65. The first kappa shape index (κ1) is 12.4. The molecule has 0 radical (unpaired) electrons. The molecule has 0 saturated carbocycles. The summed E-state index contributed by atoms with van der Waals surface area (Å²) in [5.41, 5.74) is 2.88. The second-order valence-electron chi connectivity index (χ2n) is 5.32. The maximum absolute atomic E-state index is 5.41. The van der Waals surface area contributed by atoms with Gasteiger partial charge in [-0.1, -0.05) is 60.7 Å². The van der Waals surface area contributed by atoms with E-state index in [2.05, 4.69) is 60.7 Å². The molecule has 2 aromatic rings. The third-order valence-electron chi connectivity index (χ3n) is 3.85. The predicted octanol–water partition coefficient (Wildman–Crippen LogP) is 4.19. The number of rotatable bonds is 6. The summed E-state index contributed by atoms with van der Waals surface area (Å²) in [6.45, 7) is 0.953. The summed E-state index contributed by atoms with van der Waals surface area (Å²) in [5.74, 6) is 0.619. The van der Waals surface area contributed by atoms with Gasteiger partial charge in [0.2, 0.25) is 0 Å². The van der Waals surface area contributed by atoms with Crippen molar-refractivity contribution in [2.45, 2.75) is 31.3 Å². The highest BCUT2D eigenvalue weighted by Crippen LogP contribution is 2.31. The highest BCUT2D eigenvalue weighted by molar-refractivity contribution is 5.21. The van der Waals surface area contributed by atoms with E-state index in [4.69, 9.17) is 4.74 Å². The van der Waals surface area contributed by atoms with E-state index in [1.165, 1.54) is 17.5 Å². The Labute approximate surface area is 115 Å². The van der Waals surface area contributed by atoms with Crippen LogP contribution in [0, 0.1) is 0 Å². The molecule has 0 bridgehead atoms. The standard InChI is InChI=1S/C18H20O/c1-3-7-15(8-4-1)11-12-17(13-18-14-19-18)16-9-5-2-6-10-16/h1-10,17-18H,11-14H2. The molecule has 1 aliphatic heterocycles. The van der Waals surface area contributed by atoms with Crippen LogP contribution >= 0.6 is 0 Å². The van der Waals surface area contributed by atoms with Crippen LogP contribution in [0.1, 0.15) is 29.9 Å². The van der Waals surface area contributed by atoms with Crippen molar-refractivity contribution in [3.8, 4) is 0 Å². The number of hydrogen-bond donors (Lipinski definition) is 0. The van der Waals surface area contributed by atoms with Gasteiger partial charge in [-0.15, -0.1) is 0 Å². The third-order valence-corrected chi connectivity index (χ3v) is 3.85. The maximum atomic E-state index is 5.41. The lowest BCUT2D eigenvalue weighted by Crippen LogP contribution is -2.04. The minimum absolute atomic E-state index is 0.501. The molecule has 0 spiro atoms. The van der Waals surface area contributed by atoms with Crippen LogP contribution in [0.15, 0.2) is 60.7 Å². The van der Waals surface area contributed by atoms with Crippen molar-refractivity contribution in [1.82, 2.24) is 0 Å². The average molecular weight is 252 g/mol. The van der Waals surface area contributed by atoms with Gasteiger partial charge in [-0.2, -0.15) is 0 Å². The summed E-state index contributed by atoms with van der Waals surface area (Å²) in [7, 11) is 0. The summed E-state index contributed by atoms with van der Waals surface area (Å²) in [4.78, 5) is 0. The van der Waals surface area contributed by atoms with Crippen molar-refractivity contribution in [3.05, 3.63) is 71.8 Å². The summed E-state index contributed by atoms with van der Waals surface area (Å²) in [5, 5.41) is 0. The summed E-state index contributed by atoms with van der Waals surface area (Å²) < 4.78 is 5.41. The van der Waals surface area contributed by atoms with E-state index >= 15 is 0 Å². The Kier molecular flexibility index (Phi) is 3.95. The topological polar surface area (TPSA) is 12.5 Å². The lowest BCUT2D eigenvalue weighted by molar-refractivity contribution is 0.375. The van der Waals surface area contributed by atoms with Crippen LogP contribution in [0.4, 0.5) is 0 Å². The van der Waals surface area contributed by atoms with Crippen LogP contribution in [0.25, 0.3) is 0 Å². The lowest BCUT2D eigenvalue weighted by Gasteiger charge is -2.16. The van der Waals surface area contributed by atoms with Crippen molar-refractivity contribution in [3.63, 3.8) is 0 Å². The zero-order valence-electron chi connectivity index (χ0n) is 11.2. The van der Waals surface area contributed by atoms with Gasteiger partial charge in [0.05, 0.1) is 12.7 Å². The maximum Gasteiger partial charge on any atom is 0.0815 e. The Morgan fingerprint density at radius 2 is 1.58 bits per heavy atom. The summed E-state index contributed by atoms with van der Waals surface area (Å²) in [6, 6.07) is 21.6. The normalized spacial score (nSPS) is 19.1. The molecule has 1 heteroatoms. The van der Waals surface area contributed by atoms with E-state index < -0.39 is 0 Å². The molecular weight excluding hydrogens is 232 g/mol. The van der Waals surface area contributed by atoms with E-state index in [1.54, 1.807) is 0 Å². The van der Waals surface area contributed by atoms with Gasteiger partial charge in [0.25, 0.3) is 0 Å². The van der Waals surface area contributed by atoms with Crippen molar-refractivity contribution in [1.29, 1.82) is 0 Å². The van der Waals surface area contributed by atoms with Gasteiger partial charge in [0.15, 0.2) is 0 Å². The molecule has 0 aliphatic carbocycles. The molecule has 0 aromatic heterocycles. The molecule has 1 fully saturated rings. The lowest BCUT2D eigenvalue weighted by atomic mass is 9.89. The van der Waals surface area contributed by atoms with Gasteiger partial charge in [-0.3, -0.25) is 0 Å². The van der Waals surface area contributed by atoms with Crippen LogP contribution in [-0.4, -0.2) is 12.7 Å². The molecule has 1 aliphatic rings. The fourth-order valence-corrected chi connectivity index (χ4v) is 2.65. The Morgan fingerprint density at radius 1 is 0.947 bits per heavy atom. The first-order valence-electron chi connectivity index (χ1n) is 7.12. The quantitative estimate of drug-likeness (QED) is 0.702. The van der Waals surface area contributed by atoms with E-state index in [-0.39, 0.29) is 0 Å². The van der Waals surface area contributed by atoms with Crippen molar-refractivity contribution in [2.24, 2.45) is 0 Å². The molecule has 2 atom stereocenters. The number of ether oxygens (including phenoxy) is 1. The van der Waals surface area contributed by atoms with Crippen LogP contribution in [0.2, 0.25) is 0 Å². The average Bonchev–Trinajstić information content (AvgIpc) is 3.29. The molecule has 0 N–H and O–H groups in total. The van der Waals surface area contributed by atoms with Crippen molar-refractivity contribution in [2.75, 3.05) is 6.61 Å². The summed E-state index contributed by atoms with van der Waals surface area (Å²) >= 11 is 0. The van der Waals surface area contributed by atoms with E-state index in [0.717, 1.165) is 19.4 Å². The molecule has 1 nitrogen and oxygen atoms in total. The van der Waals surface area contributed by atoms with Crippen LogP contribution in [0.3, 0.4) is 0 Å². The highest BCUT2D eigenvalue weighted by atomic mass is 16.6. The van der Waals surface area contributed by atoms with Crippen LogP contribution in [0.5, 0.6) is 0 Å². The molecule has 1 saturated heterocycles. The van der Waals surface area contributed by atoms with Crippen molar-refractivity contribution < 1.29 is 4.74 Å². The Morgan fingerprint density at radius 3 is 2.21 bits per heavy atom. The van der Waals surface area contributed by atoms with Gasteiger partial charge >= 0.3 is 0 Å².